The van der Waals surface area contributed by atoms with Crippen LogP contribution in [0.1, 0.15) is 40.2 Å². The Balaban J connectivity index is 1.31. The molecule has 182 valence electrons. The molecule has 0 atom stereocenters. The van der Waals surface area contributed by atoms with Gasteiger partial charge in [0.2, 0.25) is 0 Å². The zero-order chi connectivity index (χ0) is 24.6. The number of aromatic nitrogens is 2. The van der Waals surface area contributed by atoms with Crippen molar-refractivity contribution in [2.24, 2.45) is 0 Å². The molecule has 0 radical (unpaired) electrons. The molecule has 0 saturated heterocycles. The summed E-state index contributed by atoms with van der Waals surface area (Å²) >= 11 is 0. The molecule has 3 aromatic carbocycles. The third-order valence-corrected chi connectivity index (χ3v) is 6.22. The molecular weight excluding hydrogens is 438 g/mol. The monoisotopic (exact) mass is 471 g/mol. The summed E-state index contributed by atoms with van der Waals surface area (Å²) in [6, 6.07) is 21.6. The van der Waals surface area contributed by atoms with Gasteiger partial charge in [-0.05, 0) is 86.3 Å². The van der Waals surface area contributed by atoms with E-state index in [-0.39, 0.29) is 5.91 Å². The quantitative estimate of drug-likeness (QED) is 0.294. The number of carbonyl (C=O) groups excluding carboxylic acids is 1. The minimum atomic E-state index is -0.0790. The number of ether oxygens (including phenoxy) is 2. The molecule has 1 aromatic heterocycles. The van der Waals surface area contributed by atoms with Crippen LogP contribution in [0, 0.1) is 13.8 Å². The van der Waals surface area contributed by atoms with Crippen LogP contribution in [-0.2, 0) is 13.0 Å². The predicted octanol–water partition coefficient (Wildman–Crippen LogP) is 5.49. The average molecular weight is 472 g/mol. The van der Waals surface area contributed by atoms with Crippen molar-refractivity contribution in [3.05, 3.63) is 89.2 Å². The number of para-hydroxylation sites is 2. The number of benzene rings is 3. The van der Waals surface area contributed by atoms with Crippen LogP contribution in [0.25, 0.3) is 11.0 Å². The maximum absolute atomic E-state index is 12.4. The summed E-state index contributed by atoms with van der Waals surface area (Å²) in [5, 5.41) is 3.00. The van der Waals surface area contributed by atoms with Crippen LogP contribution < -0.4 is 14.8 Å². The van der Waals surface area contributed by atoms with Crippen LogP contribution in [0.3, 0.4) is 0 Å². The minimum absolute atomic E-state index is 0.0790. The molecule has 0 unspecified atom stereocenters. The first-order valence-corrected chi connectivity index (χ1v) is 12.1. The Morgan fingerprint density at radius 1 is 0.943 bits per heavy atom. The number of hydrogen-bond acceptors (Lipinski definition) is 4. The van der Waals surface area contributed by atoms with Gasteiger partial charge >= 0.3 is 0 Å². The van der Waals surface area contributed by atoms with E-state index in [1.54, 1.807) is 31.4 Å². The number of nitrogens with zero attached hydrogens (tertiary/aromatic N) is 2. The molecule has 4 aromatic rings. The van der Waals surface area contributed by atoms with Gasteiger partial charge in [-0.1, -0.05) is 18.2 Å². The second-order valence-electron chi connectivity index (χ2n) is 8.70. The standard InChI is InChI=1S/C29H33N3O3/c1-21-11-14-25(20-22(21)2)35-19-7-18-32-27-9-5-4-8-26(27)31-28(32)10-6-17-30-29(33)23-12-15-24(34-3)16-13-23/h4-5,8-9,11-16,20H,6-7,10,17-19H2,1-3H3,(H,30,33). The molecule has 6 heteroatoms. The Kier molecular flexibility index (Phi) is 8.03. The number of fused-ring (bicyclic) bond motifs is 1. The Morgan fingerprint density at radius 3 is 2.49 bits per heavy atom. The normalized spacial score (nSPS) is 10.9. The topological polar surface area (TPSA) is 65.4 Å². The number of methoxy groups -OCH3 is 1. The first kappa shape index (κ1) is 24.3. The van der Waals surface area contributed by atoms with E-state index < -0.39 is 0 Å². The van der Waals surface area contributed by atoms with E-state index in [9.17, 15) is 4.79 Å². The predicted molar refractivity (Wildman–Crippen MR) is 139 cm³/mol. The third-order valence-electron chi connectivity index (χ3n) is 6.22. The van der Waals surface area contributed by atoms with Crippen molar-refractivity contribution in [1.29, 1.82) is 0 Å². The molecule has 6 nitrogen and oxygen atoms in total. The van der Waals surface area contributed by atoms with Gasteiger partial charge in [-0.2, -0.15) is 0 Å². The fourth-order valence-electron chi connectivity index (χ4n) is 4.08. The fraction of sp³-hybridized carbons (Fsp3) is 0.310. The summed E-state index contributed by atoms with van der Waals surface area (Å²) < 4.78 is 13.4. The third kappa shape index (κ3) is 6.21. The highest BCUT2D eigenvalue weighted by atomic mass is 16.5. The molecule has 1 amide bonds. The highest BCUT2D eigenvalue weighted by Gasteiger charge is 2.11. The molecule has 0 spiro atoms. The summed E-state index contributed by atoms with van der Waals surface area (Å²) in [4.78, 5) is 17.3. The van der Waals surface area contributed by atoms with Crippen LogP contribution in [0.5, 0.6) is 11.5 Å². The SMILES string of the molecule is COc1ccc(C(=O)NCCCc2nc3ccccc3n2CCCOc2ccc(C)c(C)c2)cc1. The van der Waals surface area contributed by atoms with Gasteiger partial charge < -0.3 is 19.4 Å². The Morgan fingerprint density at radius 2 is 1.71 bits per heavy atom. The summed E-state index contributed by atoms with van der Waals surface area (Å²) in [5.74, 6) is 2.61. The van der Waals surface area contributed by atoms with Crippen LogP contribution in [-0.4, -0.2) is 35.7 Å². The van der Waals surface area contributed by atoms with Crippen molar-refractivity contribution in [2.45, 2.75) is 39.7 Å². The lowest BCUT2D eigenvalue weighted by molar-refractivity contribution is 0.0953. The Bertz CT molecular complexity index is 1280. The van der Waals surface area contributed by atoms with Crippen LogP contribution in [0.4, 0.5) is 0 Å². The summed E-state index contributed by atoms with van der Waals surface area (Å²) in [7, 11) is 1.61. The molecule has 0 bridgehead atoms. The Labute approximate surface area is 206 Å². The molecule has 0 aliphatic rings. The van der Waals surface area contributed by atoms with E-state index in [0.29, 0.717) is 18.7 Å². The maximum Gasteiger partial charge on any atom is 0.251 e. The molecule has 0 aliphatic carbocycles. The van der Waals surface area contributed by atoms with E-state index in [0.717, 1.165) is 54.2 Å². The lowest BCUT2D eigenvalue weighted by Crippen LogP contribution is -2.25. The summed E-state index contributed by atoms with van der Waals surface area (Å²) in [5.41, 5.74) is 5.27. The molecule has 0 fully saturated rings. The van der Waals surface area contributed by atoms with Crippen molar-refractivity contribution in [3.63, 3.8) is 0 Å². The highest BCUT2D eigenvalue weighted by Crippen LogP contribution is 2.19. The van der Waals surface area contributed by atoms with E-state index in [4.69, 9.17) is 14.5 Å². The zero-order valence-corrected chi connectivity index (χ0v) is 20.7. The highest BCUT2D eigenvalue weighted by molar-refractivity contribution is 5.94. The number of hydrogen-bond donors (Lipinski definition) is 1. The summed E-state index contributed by atoms with van der Waals surface area (Å²) in [6.45, 7) is 6.27. The van der Waals surface area contributed by atoms with E-state index in [1.807, 2.05) is 24.3 Å². The van der Waals surface area contributed by atoms with Gasteiger partial charge in [-0.3, -0.25) is 4.79 Å². The van der Waals surface area contributed by atoms with Crippen molar-refractivity contribution >= 4 is 16.9 Å². The van der Waals surface area contributed by atoms with Gasteiger partial charge in [0.25, 0.3) is 5.91 Å². The van der Waals surface area contributed by atoms with Crippen molar-refractivity contribution in [3.8, 4) is 11.5 Å². The number of nitrogens with one attached hydrogen (secondary N) is 1. The lowest BCUT2D eigenvalue weighted by atomic mass is 10.1. The second kappa shape index (κ2) is 11.6. The second-order valence-corrected chi connectivity index (χ2v) is 8.70. The van der Waals surface area contributed by atoms with Gasteiger partial charge in [0.1, 0.15) is 17.3 Å². The number of amides is 1. The van der Waals surface area contributed by atoms with Crippen LogP contribution in [0.2, 0.25) is 0 Å². The van der Waals surface area contributed by atoms with E-state index >= 15 is 0 Å². The van der Waals surface area contributed by atoms with Gasteiger partial charge in [0.05, 0.1) is 24.8 Å². The summed E-state index contributed by atoms with van der Waals surface area (Å²) in [6.07, 6.45) is 2.48. The van der Waals surface area contributed by atoms with Crippen LogP contribution >= 0.6 is 0 Å². The minimum Gasteiger partial charge on any atom is -0.497 e. The molecule has 0 saturated carbocycles. The largest absolute Gasteiger partial charge is 0.497 e. The first-order valence-electron chi connectivity index (χ1n) is 12.1. The first-order chi connectivity index (χ1) is 17.0. The van der Waals surface area contributed by atoms with Gasteiger partial charge in [0, 0.05) is 25.1 Å². The molecule has 4 rings (SSSR count). The van der Waals surface area contributed by atoms with E-state index in [2.05, 4.69) is 41.9 Å². The molecule has 0 aliphatic heterocycles. The number of carbonyl (C=O) groups is 1. The van der Waals surface area contributed by atoms with Gasteiger partial charge in [0.15, 0.2) is 0 Å². The van der Waals surface area contributed by atoms with Crippen molar-refractivity contribution in [1.82, 2.24) is 14.9 Å². The van der Waals surface area contributed by atoms with Crippen molar-refractivity contribution < 1.29 is 14.3 Å². The Hall–Kier alpha value is -3.80. The maximum atomic E-state index is 12.4. The molecular formula is C29H33N3O3. The van der Waals surface area contributed by atoms with Crippen LogP contribution in [0.15, 0.2) is 66.7 Å². The smallest absolute Gasteiger partial charge is 0.251 e. The number of imidazole rings is 1. The lowest BCUT2D eigenvalue weighted by Gasteiger charge is -2.12. The zero-order valence-electron chi connectivity index (χ0n) is 20.7. The van der Waals surface area contributed by atoms with Crippen molar-refractivity contribution in [2.75, 3.05) is 20.3 Å². The average Bonchev–Trinajstić information content (AvgIpc) is 3.23. The van der Waals surface area contributed by atoms with Gasteiger partial charge in [-0.15, -0.1) is 0 Å². The van der Waals surface area contributed by atoms with Gasteiger partial charge in [-0.25, -0.2) is 4.98 Å². The van der Waals surface area contributed by atoms with E-state index in [1.165, 1.54) is 11.1 Å². The fourth-order valence-corrected chi connectivity index (χ4v) is 4.08. The molecule has 1 N–H and O–H groups in total. The number of aryl methyl sites for hydroxylation is 4. The molecule has 35 heavy (non-hydrogen) atoms. The molecule has 1 heterocycles. The number of rotatable bonds is 11.